The van der Waals surface area contributed by atoms with Crippen LogP contribution < -0.4 is 14.2 Å². The van der Waals surface area contributed by atoms with Gasteiger partial charge in [-0.05, 0) is 18.2 Å². The second-order valence-electron chi connectivity index (χ2n) is 4.29. The lowest BCUT2D eigenvalue weighted by atomic mass is 10.3. The Morgan fingerprint density at radius 1 is 1.24 bits per heavy atom. The molecule has 1 N–H and O–H groups in total. The largest absolute Gasteiger partial charge is 0.497 e. The van der Waals surface area contributed by atoms with E-state index in [1.165, 1.54) is 20.3 Å². The van der Waals surface area contributed by atoms with Gasteiger partial charge in [0.1, 0.15) is 16.4 Å². The molecule has 0 fully saturated rings. The smallest absolute Gasteiger partial charge is 0.244 e. The van der Waals surface area contributed by atoms with Crippen molar-refractivity contribution in [3.8, 4) is 11.5 Å². The SMILES string of the molecule is COc1ccc(OC)c(S(=O)(=O)NCc2ccnn2C)c1. The molecule has 7 nitrogen and oxygen atoms in total. The second kappa shape index (κ2) is 6.15. The molecule has 1 aromatic heterocycles. The molecule has 21 heavy (non-hydrogen) atoms. The lowest BCUT2D eigenvalue weighted by molar-refractivity contribution is 0.392. The number of benzene rings is 1. The number of hydrogen-bond donors (Lipinski definition) is 1. The molecule has 2 aromatic rings. The summed E-state index contributed by atoms with van der Waals surface area (Å²) < 4.78 is 39.1. The van der Waals surface area contributed by atoms with Gasteiger partial charge in [0.05, 0.1) is 26.5 Å². The molecule has 0 saturated carbocycles. The molecule has 0 bridgehead atoms. The van der Waals surface area contributed by atoms with Crippen molar-refractivity contribution in [3.05, 3.63) is 36.2 Å². The molecule has 1 heterocycles. The van der Waals surface area contributed by atoms with E-state index in [1.54, 1.807) is 36.1 Å². The molecule has 0 aliphatic heterocycles. The first-order valence-corrected chi connectivity index (χ1v) is 7.65. The van der Waals surface area contributed by atoms with Gasteiger partial charge in [-0.1, -0.05) is 0 Å². The van der Waals surface area contributed by atoms with Crippen LogP contribution in [0.1, 0.15) is 5.69 Å². The van der Waals surface area contributed by atoms with Gasteiger partial charge in [-0.3, -0.25) is 4.68 Å². The highest BCUT2D eigenvalue weighted by molar-refractivity contribution is 7.89. The first kappa shape index (κ1) is 15.3. The van der Waals surface area contributed by atoms with Crippen LogP contribution in [0, 0.1) is 0 Å². The molecular weight excluding hydrogens is 294 g/mol. The Balaban J connectivity index is 2.28. The Morgan fingerprint density at radius 2 is 2.00 bits per heavy atom. The van der Waals surface area contributed by atoms with Gasteiger partial charge in [0.2, 0.25) is 10.0 Å². The van der Waals surface area contributed by atoms with E-state index < -0.39 is 10.0 Å². The summed E-state index contributed by atoms with van der Waals surface area (Å²) in [6.45, 7) is 0.138. The number of nitrogens with one attached hydrogen (secondary N) is 1. The summed E-state index contributed by atoms with van der Waals surface area (Å²) in [6, 6.07) is 6.35. The summed E-state index contributed by atoms with van der Waals surface area (Å²) >= 11 is 0. The van der Waals surface area contributed by atoms with Crippen LogP contribution in [0.5, 0.6) is 11.5 Å². The number of hydrogen-bond acceptors (Lipinski definition) is 5. The highest BCUT2D eigenvalue weighted by atomic mass is 32.2. The number of aryl methyl sites for hydroxylation is 1. The molecule has 1 aromatic carbocycles. The maximum absolute atomic E-state index is 12.4. The zero-order valence-corrected chi connectivity index (χ0v) is 12.8. The normalized spacial score (nSPS) is 11.4. The number of rotatable bonds is 6. The van der Waals surface area contributed by atoms with Crippen LogP contribution in [-0.2, 0) is 23.6 Å². The summed E-state index contributed by atoms with van der Waals surface area (Å²) in [4.78, 5) is 0.0338. The highest BCUT2D eigenvalue weighted by Gasteiger charge is 2.20. The lowest BCUT2D eigenvalue weighted by Crippen LogP contribution is -2.25. The summed E-state index contributed by atoms with van der Waals surface area (Å²) in [5, 5.41) is 3.99. The highest BCUT2D eigenvalue weighted by Crippen LogP contribution is 2.28. The van der Waals surface area contributed by atoms with Crippen molar-refractivity contribution in [2.24, 2.45) is 7.05 Å². The van der Waals surface area contributed by atoms with Gasteiger partial charge in [0, 0.05) is 19.3 Å². The summed E-state index contributed by atoms with van der Waals surface area (Å²) in [7, 11) is 0.913. The van der Waals surface area contributed by atoms with E-state index in [2.05, 4.69) is 9.82 Å². The summed E-state index contributed by atoms with van der Waals surface area (Å²) in [5.41, 5.74) is 0.750. The van der Waals surface area contributed by atoms with Crippen molar-refractivity contribution in [3.63, 3.8) is 0 Å². The number of aromatic nitrogens is 2. The number of nitrogens with zero attached hydrogens (tertiary/aromatic N) is 2. The Labute approximate surface area is 123 Å². The van der Waals surface area contributed by atoms with Crippen LogP contribution in [0.2, 0.25) is 0 Å². The standard InChI is InChI=1S/C13H17N3O4S/c1-16-10(6-7-14-16)9-15-21(17,18)13-8-11(19-2)4-5-12(13)20-3/h4-8,15H,9H2,1-3H3. The molecule has 0 radical (unpaired) electrons. The first-order chi connectivity index (χ1) is 9.97. The second-order valence-corrected chi connectivity index (χ2v) is 6.02. The van der Waals surface area contributed by atoms with Crippen molar-refractivity contribution in [2.75, 3.05) is 14.2 Å². The Morgan fingerprint density at radius 3 is 2.57 bits per heavy atom. The fourth-order valence-corrected chi connectivity index (χ4v) is 3.00. The van der Waals surface area contributed by atoms with E-state index in [0.29, 0.717) is 5.75 Å². The minimum Gasteiger partial charge on any atom is -0.497 e. The van der Waals surface area contributed by atoms with Crippen LogP contribution in [0.25, 0.3) is 0 Å². The number of ether oxygens (including phenoxy) is 2. The molecule has 0 aliphatic rings. The van der Waals surface area contributed by atoms with E-state index >= 15 is 0 Å². The van der Waals surface area contributed by atoms with Gasteiger partial charge in [0.25, 0.3) is 0 Å². The van der Waals surface area contributed by atoms with Gasteiger partial charge in [-0.25, -0.2) is 13.1 Å². The van der Waals surface area contributed by atoms with Crippen molar-refractivity contribution >= 4 is 10.0 Å². The van der Waals surface area contributed by atoms with Crippen LogP contribution in [0.4, 0.5) is 0 Å². The first-order valence-electron chi connectivity index (χ1n) is 6.16. The molecule has 0 aliphatic carbocycles. The molecule has 2 rings (SSSR count). The molecule has 0 spiro atoms. The molecule has 0 unspecified atom stereocenters. The lowest BCUT2D eigenvalue weighted by Gasteiger charge is -2.12. The monoisotopic (exact) mass is 311 g/mol. The van der Waals surface area contributed by atoms with Crippen LogP contribution in [0.3, 0.4) is 0 Å². The maximum Gasteiger partial charge on any atom is 0.244 e. The number of methoxy groups -OCH3 is 2. The Hall–Kier alpha value is -2.06. The predicted octanol–water partition coefficient (Wildman–Crippen LogP) is 0.916. The van der Waals surface area contributed by atoms with Gasteiger partial charge in [-0.2, -0.15) is 5.10 Å². The Bertz CT molecular complexity index is 725. The predicted molar refractivity (Wildman–Crippen MR) is 76.8 cm³/mol. The van der Waals surface area contributed by atoms with Crippen LogP contribution in [-0.4, -0.2) is 32.4 Å². The molecule has 0 saturated heterocycles. The average molecular weight is 311 g/mol. The van der Waals surface area contributed by atoms with Crippen molar-refractivity contribution in [1.82, 2.24) is 14.5 Å². The number of sulfonamides is 1. The minimum absolute atomic E-state index is 0.0338. The quantitative estimate of drug-likeness (QED) is 0.857. The van der Waals surface area contributed by atoms with E-state index in [1.807, 2.05) is 0 Å². The maximum atomic E-state index is 12.4. The van der Waals surface area contributed by atoms with Gasteiger partial charge in [0.15, 0.2) is 0 Å². The fourth-order valence-electron chi connectivity index (χ4n) is 1.82. The van der Waals surface area contributed by atoms with Crippen LogP contribution in [0.15, 0.2) is 35.4 Å². The van der Waals surface area contributed by atoms with Crippen molar-refractivity contribution < 1.29 is 17.9 Å². The average Bonchev–Trinajstić information content (AvgIpc) is 2.90. The molecule has 0 atom stereocenters. The summed E-state index contributed by atoms with van der Waals surface area (Å²) in [6.07, 6.45) is 1.61. The van der Waals surface area contributed by atoms with E-state index in [4.69, 9.17) is 9.47 Å². The molecular formula is C13H17N3O4S. The molecule has 0 amide bonds. The minimum atomic E-state index is -3.72. The molecule has 114 valence electrons. The third-order valence-corrected chi connectivity index (χ3v) is 4.45. The van der Waals surface area contributed by atoms with Gasteiger partial charge >= 0.3 is 0 Å². The van der Waals surface area contributed by atoms with Gasteiger partial charge in [-0.15, -0.1) is 0 Å². The zero-order chi connectivity index (χ0) is 15.5. The summed E-state index contributed by atoms with van der Waals surface area (Å²) in [5.74, 6) is 0.699. The molecule has 8 heteroatoms. The van der Waals surface area contributed by atoms with Crippen molar-refractivity contribution in [2.45, 2.75) is 11.4 Å². The van der Waals surface area contributed by atoms with E-state index in [0.717, 1.165) is 5.69 Å². The van der Waals surface area contributed by atoms with Crippen molar-refractivity contribution in [1.29, 1.82) is 0 Å². The van der Waals surface area contributed by atoms with E-state index in [9.17, 15) is 8.42 Å². The fraction of sp³-hybridized carbons (Fsp3) is 0.308. The van der Waals surface area contributed by atoms with Crippen LogP contribution >= 0.6 is 0 Å². The zero-order valence-electron chi connectivity index (χ0n) is 12.0. The van der Waals surface area contributed by atoms with Gasteiger partial charge < -0.3 is 9.47 Å². The third-order valence-electron chi connectivity index (χ3n) is 3.03. The topological polar surface area (TPSA) is 82.4 Å². The third kappa shape index (κ3) is 3.34. The van der Waals surface area contributed by atoms with E-state index in [-0.39, 0.29) is 17.2 Å². The Kier molecular flexibility index (Phi) is 4.49.